The van der Waals surface area contributed by atoms with Crippen molar-refractivity contribution in [1.29, 1.82) is 0 Å². The number of para-hydroxylation sites is 1. The molecule has 18 aromatic rings. The van der Waals surface area contributed by atoms with Gasteiger partial charge in [-0.3, -0.25) is 0 Å². The van der Waals surface area contributed by atoms with Crippen molar-refractivity contribution >= 4 is 129 Å². The molecule has 83 heavy (non-hydrogen) atoms. The molecule has 0 unspecified atom stereocenters. The number of benzene rings is 13. The summed E-state index contributed by atoms with van der Waals surface area (Å²) in [4.78, 5) is 0. The van der Waals surface area contributed by atoms with Crippen LogP contribution in [-0.4, -0.2) is 4.57 Å². The minimum atomic E-state index is 0.878. The summed E-state index contributed by atoms with van der Waals surface area (Å²) in [5.74, 6) is 0. The summed E-state index contributed by atoms with van der Waals surface area (Å²) in [5, 5.41) is 12.1. The standard InChI is InChI=1S/C78H45NO2S2/c1-2-11-46(12-3-1)49-15-9-16-57(38-49)79-68-30-23-50(39-61(68)62-40-51(24-31-69(62)79)54-27-34-75-65(43-54)59-17-5-7-22-74(59)82-75)47-13-8-14-48(37-47)52-25-32-71-63(41-52)64-42-53(26-33-72(64)80-71)55-28-35-76-66(44-55)67-45-56(29-36-77(67)83-76)58-19-10-21-73-78(58)60-18-4-6-20-70(60)81-73/h1-45H. The highest BCUT2D eigenvalue weighted by Gasteiger charge is 2.19. The molecule has 5 aromatic heterocycles. The molecule has 0 bridgehead atoms. The predicted molar refractivity (Wildman–Crippen MR) is 354 cm³/mol. The monoisotopic (exact) mass is 1090 g/mol. The van der Waals surface area contributed by atoms with E-state index in [1.54, 1.807) is 0 Å². The Bertz CT molecular complexity index is 5710. The normalized spacial score (nSPS) is 12.1. The van der Waals surface area contributed by atoms with Crippen molar-refractivity contribution in [3.05, 3.63) is 273 Å². The minimum absolute atomic E-state index is 0.878. The van der Waals surface area contributed by atoms with Crippen molar-refractivity contribution in [1.82, 2.24) is 4.57 Å². The van der Waals surface area contributed by atoms with Crippen LogP contribution < -0.4 is 0 Å². The van der Waals surface area contributed by atoms with Crippen LogP contribution in [0, 0.1) is 0 Å². The zero-order chi connectivity index (χ0) is 54.3. The molecule has 386 valence electrons. The summed E-state index contributed by atoms with van der Waals surface area (Å²) in [6, 6.07) is 100. The fourth-order valence-electron chi connectivity index (χ4n) is 13.2. The molecule has 0 saturated heterocycles. The van der Waals surface area contributed by atoms with E-state index in [2.05, 4.69) is 271 Å². The van der Waals surface area contributed by atoms with Crippen molar-refractivity contribution in [3.8, 4) is 72.4 Å². The van der Waals surface area contributed by atoms with Gasteiger partial charge in [0.05, 0.1) is 11.0 Å². The Hall–Kier alpha value is -10.3. The molecule has 0 aliphatic rings. The third-order valence-corrected chi connectivity index (χ3v) is 19.5. The smallest absolute Gasteiger partial charge is 0.136 e. The molecule has 18 rings (SSSR count). The van der Waals surface area contributed by atoms with Gasteiger partial charge in [-0.2, -0.15) is 0 Å². The first-order valence-electron chi connectivity index (χ1n) is 28.2. The van der Waals surface area contributed by atoms with Gasteiger partial charge in [0.2, 0.25) is 0 Å². The second-order valence-corrected chi connectivity index (χ2v) is 24.1. The number of fused-ring (bicyclic) bond motifs is 15. The number of thiophene rings is 2. The van der Waals surface area contributed by atoms with Crippen LogP contribution in [-0.2, 0) is 0 Å². The van der Waals surface area contributed by atoms with Crippen molar-refractivity contribution < 1.29 is 8.83 Å². The lowest BCUT2D eigenvalue weighted by Crippen LogP contribution is -1.94. The molecule has 0 atom stereocenters. The number of hydrogen-bond donors (Lipinski definition) is 0. The Morgan fingerprint density at radius 3 is 1.29 bits per heavy atom. The van der Waals surface area contributed by atoms with Crippen LogP contribution in [0.3, 0.4) is 0 Å². The maximum atomic E-state index is 6.55. The lowest BCUT2D eigenvalue weighted by molar-refractivity contribution is 0.668. The van der Waals surface area contributed by atoms with Crippen LogP contribution in [0.25, 0.3) is 178 Å². The van der Waals surface area contributed by atoms with Gasteiger partial charge >= 0.3 is 0 Å². The topological polar surface area (TPSA) is 31.2 Å². The van der Waals surface area contributed by atoms with E-state index in [9.17, 15) is 0 Å². The van der Waals surface area contributed by atoms with Crippen molar-refractivity contribution in [2.24, 2.45) is 0 Å². The molecule has 0 fully saturated rings. The van der Waals surface area contributed by atoms with E-state index >= 15 is 0 Å². The van der Waals surface area contributed by atoms with Gasteiger partial charge in [-0.25, -0.2) is 0 Å². The van der Waals surface area contributed by atoms with E-state index in [1.165, 1.54) is 107 Å². The first-order valence-corrected chi connectivity index (χ1v) is 29.8. The van der Waals surface area contributed by atoms with Crippen LogP contribution in [0.1, 0.15) is 0 Å². The van der Waals surface area contributed by atoms with Gasteiger partial charge in [0.1, 0.15) is 22.3 Å². The summed E-state index contributed by atoms with van der Waals surface area (Å²) in [6.45, 7) is 0. The van der Waals surface area contributed by atoms with Gasteiger partial charge in [0.25, 0.3) is 0 Å². The molecule has 0 aliphatic carbocycles. The molecule has 5 heteroatoms. The van der Waals surface area contributed by atoms with Gasteiger partial charge in [0, 0.05) is 78.3 Å². The molecule has 0 N–H and O–H groups in total. The quantitative estimate of drug-likeness (QED) is 0.159. The van der Waals surface area contributed by atoms with Crippen LogP contribution in [0.5, 0.6) is 0 Å². The molecule has 0 aliphatic heterocycles. The third-order valence-electron chi connectivity index (χ3n) is 17.2. The van der Waals surface area contributed by atoms with E-state index < -0.39 is 0 Å². The minimum Gasteiger partial charge on any atom is -0.456 e. The number of hydrogen-bond acceptors (Lipinski definition) is 4. The van der Waals surface area contributed by atoms with Crippen LogP contribution in [0.4, 0.5) is 0 Å². The van der Waals surface area contributed by atoms with Crippen molar-refractivity contribution in [3.63, 3.8) is 0 Å². The number of furan rings is 2. The summed E-state index contributed by atoms with van der Waals surface area (Å²) in [6.07, 6.45) is 0. The van der Waals surface area contributed by atoms with Crippen molar-refractivity contribution in [2.75, 3.05) is 0 Å². The molecule has 5 heterocycles. The van der Waals surface area contributed by atoms with E-state index in [0.717, 1.165) is 71.8 Å². The summed E-state index contributed by atoms with van der Waals surface area (Å²) in [7, 11) is 0. The van der Waals surface area contributed by atoms with E-state index in [4.69, 9.17) is 8.83 Å². The molecule has 0 spiro atoms. The summed E-state index contributed by atoms with van der Waals surface area (Å²) >= 11 is 3.71. The second-order valence-electron chi connectivity index (χ2n) is 21.9. The van der Waals surface area contributed by atoms with Crippen molar-refractivity contribution in [2.45, 2.75) is 0 Å². The van der Waals surface area contributed by atoms with Gasteiger partial charge in [-0.05, 0) is 188 Å². The Kier molecular flexibility index (Phi) is 10.1. The Labute approximate surface area is 484 Å². The zero-order valence-corrected chi connectivity index (χ0v) is 46.2. The highest BCUT2D eigenvalue weighted by atomic mass is 32.1. The Morgan fingerprint density at radius 2 is 0.639 bits per heavy atom. The highest BCUT2D eigenvalue weighted by Crippen LogP contribution is 2.45. The van der Waals surface area contributed by atoms with Crippen LogP contribution in [0.2, 0.25) is 0 Å². The Balaban J connectivity index is 0.720. The van der Waals surface area contributed by atoms with E-state index in [-0.39, 0.29) is 0 Å². The van der Waals surface area contributed by atoms with E-state index in [0.29, 0.717) is 0 Å². The number of aromatic nitrogens is 1. The molecule has 0 amide bonds. The second kappa shape index (κ2) is 18.1. The summed E-state index contributed by atoms with van der Waals surface area (Å²) < 4.78 is 20.5. The SMILES string of the molecule is c1ccc(-c2cccc(-n3c4ccc(-c5cccc(-c6ccc7oc8ccc(-c9ccc%10sc%11ccc(-c%12cccc%13oc%14ccccc%14c%12%13)cc%11c%10c9)cc8c7c6)c5)cc4c4cc(-c5ccc6sc7ccccc7c6c5)ccc43)c2)cc1. The van der Waals surface area contributed by atoms with Gasteiger partial charge < -0.3 is 13.4 Å². The molecular formula is C78H45NO2S2. The largest absolute Gasteiger partial charge is 0.456 e. The van der Waals surface area contributed by atoms with Gasteiger partial charge in [0.15, 0.2) is 0 Å². The maximum absolute atomic E-state index is 6.55. The molecule has 3 nitrogen and oxygen atoms in total. The molecule has 0 radical (unpaired) electrons. The number of rotatable bonds is 7. The lowest BCUT2D eigenvalue weighted by atomic mass is 9.96. The van der Waals surface area contributed by atoms with Gasteiger partial charge in [-0.15, -0.1) is 22.7 Å². The zero-order valence-electron chi connectivity index (χ0n) is 44.6. The average Bonchev–Trinajstić information content (AvgIpc) is 3.99. The Morgan fingerprint density at radius 1 is 0.229 bits per heavy atom. The number of nitrogens with zero attached hydrogens (tertiary/aromatic N) is 1. The fraction of sp³-hybridized carbons (Fsp3) is 0. The lowest BCUT2D eigenvalue weighted by Gasteiger charge is -2.11. The predicted octanol–water partition coefficient (Wildman–Crippen LogP) is 23.3. The third kappa shape index (κ3) is 7.42. The first-order chi connectivity index (χ1) is 41.1. The maximum Gasteiger partial charge on any atom is 0.136 e. The van der Waals surface area contributed by atoms with Crippen LogP contribution in [0.15, 0.2) is 282 Å². The van der Waals surface area contributed by atoms with Gasteiger partial charge in [-0.1, -0.05) is 152 Å². The average molecular weight is 1090 g/mol. The molecular weight excluding hydrogens is 1050 g/mol. The highest BCUT2D eigenvalue weighted by molar-refractivity contribution is 7.26. The van der Waals surface area contributed by atoms with E-state index in [1.807, 2.05) is 28.7 Å². The van der Waals surface area contributed by atoms with Crippen LogP contribution >= 0.6 is 22.7 Å². The first kappa shape index (κ1) is 46.5. The fourth-order valence-corrected chi connectivity index (χ4v) is 15.3. The summed E-state index contributed by atoms with van der Waals surface area (Å²) in [5.41, 5.74) is 21.2. The molecule has 0 saturated carbocycles. The molecule has 13 aromatic carbocycles.